The van der Waals surface area contributed by atoms with Crippen molar-refractivity contribution in [1.82, 2.24) is 10.6 Å². The molecule has 3 rings (SSSR count). The zero-order valence-corrected chi connectivity index (χ0v) is 20.0. The molecule has 35 heavy (non-hydrogen) atoms. The molecule has 2 N–H and O–H groups in total. The average Bonchev–Trinajstić information content (AvgIpc) is 3.21. The second kappa shape index (κ2) is 10.4. The summed E-state index contributed by atoms with van der Waals surface area (Å²) in [6.07, 6.45) is -8.08. The van der Waals surface area contributed by atoms with Crippen LogP contribution in [0.2, 0.25) is 5.02 Å². The van der Waals surface area contributed by atoms with E-state index in [0.717, 1.165) is 12.0 Å². The van der Waals surface area contributed by atoms with Crippen LogP contribution in [0.25, 0.3) is 0 Å². The molecule has 0 spiro atoms. The van der Waals surface area contributed by atoms with Crippen molar-refractivity contribution >= 4 is 17.5 Å². The Kier molecular flexibility index (Phi) is 8.11. The molecule has 2 aromatic carbocycles. The monoisotopic (exact) mass is 520 g/mol. The molecule has 0 aliphatic heterocycles. The lowest BCUT2D eigenvalue weighted by atomic mass is 9.74. The van der Waals surface area contributed by atoms with Crippen molar-refractivity contribution in [1.29, 1.82) is 0 Å². The van der Waals surface area contributed by atoms with Gasteiger partial charge in [-0.15, -0.1) is 0 Å². The van der Waals surface area contributed by atoms with Crippen LogP contribution in [0.15, 0.2) is 42.5 Å². The first-order chi connectivity index (χ1) is 16.2. The van der Waals surface area contributed by atoms with Crippen molar-refractivity contribution in [3.05, 3.63) is 69.7 Å². The third-order valence-corrected chi connectivity index (χ3v) is 6.97. The Bertz CT molecular complexity index is 1000. The molecule has 0 aromatic heterocycles. The van der Waals surface area contributed by atoms with Gasteiger partial charge in [0, 0.05) is 24.2 Å². The minimum Gasteiger partial charge on any atom is -0.352 e. The summed E-state index contributed by atoms with van der Waals surface area (Å²) in [6.45, 7) is 3.95. The van der Waals surface area contributed by atoms with Crippen LogP contribution in [0.4, 0.5) is 26.3 Å². The van der Waals surface area contributed by atoms with E-state index < -0.39 is 35.4 Å². The lowest BCUT2D eigenvalue weighted by Crippen LogP contribution is -2.43. The number of benzene rings is 2. The van der Waals surface area contributed by atoms with Crippen LogP contribution in [-0.4, -0.2) is 11.9 Å². The van der Waals surface area contributed by atoms with E-state index in [1.165, 1.54) is 0 Å². The van der Waals surface area contributed by atoms with Gasteiger partial charge in [0.25, 0.3) is 0 Å². The number of amides is 1. The summed E-state index contributed by atoms with van der Waals surface area (Å²) >= 11 is 5.91. The van der Waals surface area contributed by atoms with Gasteiger partial charge in [-0.3, -0.25) is 4.79 Å². The maximum absolute atomic E-state index is 13.2. The Morgan fingerprint density at radius 3 is 2.06 bits per heavy atom. The summed E-state index contributed by atoms with van der Waals surface area (Å²) in [5.74, 6) is -0.439. The van der Waals surface area contributed by atoms with Gasteiger partial charge in [0.2, 0.25) is 5.91 Å². The van der Waals surface area contributed by atoms with Gasteiger partial charge in [-0.25, -0.2) is 0 Å². The molecular formula is C25H27ClF6N2O. The van der Waals surface area contributed by atoms with Crippen LogP contribution < -0.4 is 10.6 Å². The lowest BCUT2D eigenvalue weighted by Gasteiger charge is -2.32. The summed E-state index contributed by atoms with van der Waals surface area (Å²) < 4.78 is 78.8. The molecule has 0 saturated heterocycles. The predicted molar refractivity (Wildman–Crippen MR) is 121 cm³/mol. The fourth-order valence-electron chi connectivity index (χ4n) is 4.59. The van der Waals surface area contributed by atoms with E-state index in [-0.39, 0.29) is 29.5 Å². The van der Waals surface area contributed by atoms with Crippen LogP contribution in [0.3, 0.4) is 0 Å². The highest BCUT2D eigenvalue weighted by molar-refractivity contribution is 6.30. The van der Waals surface area contributed by atoms with E-state index in [0.29, 0.717) is 36.5 Å². The normalized spacial score (nSPS) is 20.9. The number of halogens is 7. The van der Waals surface area contributed by atoms with Crippen molar-refractivity contribution in [2.24, 2.45) is 11.3 Å². The Labute approximate surface area is 205 Å². The minimum atomic E-state index is -4.94. The van der Waals surface area contributed by atoms with Crippen LogP contribution in [0, 0.1) is 11.3 Å². The second-order valence-corrected chi connectivity index (χ2v) is 9.79. The molecule has 2 atom stereocenters. The first-order valence-corrected chi connectivity index (χ1v) is 11.6. The lowest BCUT2D eigenvalue weighted by molar-refractivity contribution is -0.143. The summed E-state index contributed by atoms with van der Waals surface area (Å²) in [7, 11) is 0. The van der Waals surface area contributed by atoms with Gasteiger partial charge in [0.1, 0.15) is 0 Å². The molecule has 1 amide bonds. The number of hydrogen-bond donors (Lipinski definition) is 2. The second-order valence-electron chi connectivity index (χ2n) is 9.35. The molecule has 1 saturated carbocycles. The third kappa shape index (κ3) is 6.70. The molecule has 0 unspecified atom stereocenters. The fourth-order valence-corrected chi connectivity index (χ4v) is 4.71. The highest BCUT2D eigenvalue weighted by atomic mass is 35.5. The predicted octanol–water partition coefficient (Wildman–Crippen LogP) is 6.98. The molecule has 1 fully saturated rings. The van der Waals surface area contributed by atoms with E-state index in [2.05, 4.69) is 10.6 Å². The number of rotatable bonds is 7. The molecule has 0 heterocycles. The SMILES string of the molecule is CC(C)[C@]1(C(=O)NCc2cc(C(F)(F)F)cc(C(F)(F)F)c2)CC[C@@H](NCc2ccc(Cl)cc2)C1. The molecule has 1 aliphatic carbocycles. The Balaban J connectivity index is 1.70. The van der Waals surface area contributed by atoms with Gasteiger partial charge in [-0.1, -0.05) is 37.6 Å². The molecule has 3 nitrogen and oxygen atoms in total. The van der Waals surface area contributed by atoms with E-state index in [1.54, 1.807) is 12.1 Å². The molecular weight excluding hydrogens is 494 g/mol. The number of carbonyl (C=O) groups is 1. The summed E-state index contributed by atoms with van der Waals surface area (Å²) in [5, 5.41) is 6.67. The zero-order valence-electron chi connectivity index (χ0n) is 19.3. The van der Waals surface area contributed by atoms with Gasteiger partial charge in [0.15, 0.2) is 0 Å². The van der Waals surface area contributed by atoms with E-state index in [4.69, 9.17) is 11.6 Å². The quantitative estimate of drug-likeness (QED) is 0.387. The number of alkyl halides is 6. The average molecular weight is 521 g/mol. The van der Waals surface area contributed by atoms with Crippen LogP contribution >= 0.6 is 11.6 Å². The molecule has 0 radical (unpaired) electrons. The van der Waals surface area contributed by atoms with Crippen molar-refractivity contribution < 1.29 is 31.1 Å². The fraction of sp³-hybridized carbons (Fsp3) is 0.480. The molecule has 0 bridgehead atoms. The Morgan fingerprint density at radius 1 is 0.971 bits per heavy atom. The van der Waals surface area contributed by atoms with E-state index in [9.17, 15) is 31.1 Å². The number of hydrogen-bond acceptors (Lipinski definition) is 2. The summed E-state index contributed by atoms with van der Waals surface area (Å²) in [4.78, 5) is 13.2. The highest BCUT2D eigenvalue weighted by Crippen LogP contribution is 2.45. The standard InChI is InChI=1S/C25H27ClF6N2O/c1-15(2)23(8-7-21(12-23)33-13-16-3-5-20(26)6-4-16)22(35)34-14-17-9-18(24(27,28)29)11-19(10-17)25(30,31)32/h3-6,9-11,15,21,33H,7-8,12-14H2,1-2H3,(H,34,35)/t21-,23+/m1/s1. The largest absolute Gasteiger partial charge is 0.416 e. The van der Waals surface area contributed by atoms with Crippen LogP contribution in [-0.2, 0) is 30.2 Å². The molecule has 192 valence electrons. The number of carbonyl (C=O) groups excluding carboxylic acids is 1. The third-order valence-electron chi connectivity index (χ3n) is 6.72. The van der Waals surface area contributed by atoms with Gasteiger partial charge in [-0.2, -0.15) is 26.3 Å². The van der Waals surface area contributed by atoms with Crippen molar-refractivity contribution in [2.45, 2.75) is 64.6 Å². The van der Waals surface area contributed by atoms with Crippen molar-refractivity contribution in [2.75, 3.05) is 0 Å². The highest BCUT2D eigenvalue weighted by Gasteiger charge is 2.47. The van der Waals surface area contributed by atoms with Gasteiger partial charge in [-0.05, 0) is 66.6 Å². The Hall–Kier alpha value is -2.26. The van der Waals surface area contributed by atoms with Gasteiger partial charge in [0.05, 0.1) is 16.5 Å². The molecule has 10 heteroatoms. The molecule has 2 aromatic rings. The number of nitrogens with one attached hydrogen (secondary N) is 2. The van der Waals surface area contributed by atoms with E-state index in [1.807, 2.05) is 26.0 Å². The first-order valence-electron chi connectivity index (χ1n) is 11.3. The van der Waals surface area contributed by atoms with E-state index >= 15 is 0 Å². The topological polar surface area (TPSA) is 41.1 Å². The minimum absolute atomic E-state index is 0.0456. The smallest absolute Gasteiger partial charge is 0.352 e. The van der Waals surface area contributed by atoms with Gasteiger partial charge < -0.3 is 10.6 Å². The van der Waals surface area contributed by atoms with Gasteiger partial charge >= 0.3 is 12.4 Å². The summed E-state index contributed by atoms with van der Waals surface area (Å²) in [6, 6.07) is 8.78. The molecule has 1 aliphatic rings. The Morgan fingerprint density at radius 2 is 1.54 bits per heavy atom. The maximum Gasteiger partial charge on any atom is 0.416 e. The summed E-state index contributed by atoms with van der Waals surface area (Å²) in [5.41, 5.74) is -2.79. The maximum atomic E-state index is 13.2. The first kappa shape index (κ1) is 27.3. The van der Waals surface area contributed by atoms with Crippen molar-refractivity contribution in [3.8, 4) is 0 Å². The van der Waals surface area contributed by atoms with Crippen LogP contribution in [0.1, 0.15) is 55.4 Å². The zero-order chi connectivity index (χ0) is 26.0. The van der Waals surface area contributed by atoms with Crippen molar-refractivity contribution in [3.63, 3.8) is 0 Å². The van der Waals surface area contributed by atoms with Crippen LogP contribution in [0.5, 0.6) is 0 Å².